The third-order valence-corrected chi connectivity index (χ3v) is 9.38. The maximum Gasteiger partial charge on any atom is 0.351 e. The monoisotopic (exact) mass is 693 g/mol. The molecule has 1 aromatic heterocycles. The lowest BCUT2D eigenvalue weighted by molar-refractivity contribution is -0.121. The standard InChI is InChI=1S/C36H44ClN5O5S/c1-6-8-14-32-39-42(30-22-27(20-21-29(30)37)38-33(43)15-9-7-2)35(45)41(32)24-25-16-18-26(19-17-25)28-12-10-11-13-31(28)48(46,47)40-34(44)23-36(3,4)5/h10-13,16-22H,6-9,14-15,23-24H2,1-5H3,(H,38,43)(H,40,44). The minimum atomic E-state index is -4.12. The van der Waals surface area contributed by atoms with Crippen molar-refractivity contribution in [3.8, 4) is 16.8 Å². The minimum Gasteiger partial charge on any atom is -0.326 e. The number of hydrogen-bond donors (Lipinski definition) is 2. The van der Waals surface area contributed by atoms with E-state index in [4.69, 9.17) is 11.6 Å². The number of nitrogens with one attached hydrogen (secondary N) is 2. The molecule has 0 aliphatic heterocycles. The Balaban J connectivity index is 1.63. The lowest BCUT2D eigenvalue weighted by Crippen LogP contribution is -2.33. The van der Waals surface area contributed by atoms with E-state index in [0.29, 0.717) is 46.2 Å². The molecule has 3 aromatic carbocycles. The van der Waals surface area contributed by atoms with E-state index in [1.54, 1.807) is 53.1 Å². The molecule has 2 amide bonds. The van der Waals surface area contributed by atoms with Crippen molar-refractivity contribution in [1.29, 1.82) is 0 Å². The molecule has 0 saturated carbocycles. The average molecular weight is 694 g/mol. The van der Waals surface area contributed by atoms with Crippen LogP contribution in [0.15, 0.2) is 76.4 Å². The molecule has 1 heterocycles. The molecule has 0 radical (unpaired) electrons. The number of nitrogens with zero attached hydrogens (tertiary/aromatic N) is 3. The lowest BCUT2D eigenvalue weighted by atomic mass is 9.92. The molecular formula is C36H44ClN5O5S. The Kier molecular flexibility index (Phi) is 12.0. The Bertz CT molecular complexity index is 1930. The van der Waals surface area contributed by atoms with E-state index in [2.05, 4.69) is 22.1 Å². The Morgan fingerprint density at radius 1 is 0.917 bits per heavy atom. The molecule has 256 valence electrons. The van der Waals surface area contributed by atoms with Gasteiger partial charge < -0.3 is 5.32 Å². The van der Waals surface area contributed by atoms with Gasteiger partial charge in [0.15, 0.2) is 0 Å². The van der Waals surface area contributed by atoms with E-state index in [9.17, 15) is 22.8 Å². The van der Waals surface area contributed by atoms with Gasteiger partial charge in [-0.05, 0) is 53.6 Å². The van der Waals surface area contributed by atoms with Gasteiger partial charge in [-0.3, -0.25) is 14.2 Å². The van der Waals surface area contributed by atoms with Crippen LogP contribution in [0, 0.1) is 5.41 Å². The average Bonchev–Trinajstić information content (AvgIpc) is 3.33. The van der Waals surface area contributed by atoms with Crippen LogP contribution in [0.3, 0.4) is 0 Å². The van der Waals surface area contributed by atoms with Crippen molar-refractivity contribution < 1.29 is 18.0 Å². The number of benzene rings is 3. The molecule has 12 heteroatoms. The molecule has 0 saturated heterocycles. The summed E-state index contributed by atoms with van der Waals surface area (Å²) in [6.07, 6.45) is 4.46. The predicted octanol–water partition coefficient (Wildman–Crippen LogP) is 7.12. The van der Waals surface area contributed by atoms with E-state index in [-0.39, 0.29) is 34.9 Å². The summed E-state index contributed by atoms with van der Waals surface area (Å²) < 4.78 is 31.6. The molecular weight excluding hydrogens is 650 g/mol. The summed E-state index contributed by atoms with van der Waals surface area (Å²) in [5.41, 5.74) is 2.05. The van der Waals surface area contributed by atoms with Gasteiger partial charge in [0.05, 0.1) is 22.2 Å². The molecule has 48 heavy (non-hydrogen) atoms. The van der Waals surface area contributed by atoms with Crippen molar-refractivity contribution in [2.45, 2.75) is 91.0 Å². The summed E-state index contributed by atoms with van der Waals surface area (Å²) in [4.78, 5) is 38.7. The highest BCUT2D eigenvalue weighted by atomic mass is 35.5. The van der Waals surface area contributed by atoms with Gasteiger partial charge >= 0.3 is 5.69 Å². The quantitative estimate of drug-likeness (QED) is 0.145. The zero-order valence-corrected chi connectivity index (χ0v) is 29.7. The zero-order chi connectivity index (χ0) is 35.1. The SMILES string of the molecule is CCCCC(=O)Nc1ccc(Cl)c(-n2nc(CCCC)n(Cc3ccc(-c4ccccc4S(=O)(=O)NC(=O)CC(C)(C)C)cc3)c2=O)c1. The lowest BCUT2D eigenvalue weighted by Gasteiger charge is -2.18. The van der Waals surface area contributed by atoms with Gasteiger partial charge in [-0.15, -0.1) is 5.10 Å². The highest BCUT2D eigenvalue weighted by molar-refractivity contribution is 7.90. The topological polar surface area (TPSA) is 132 Å². The fourth-order valence-corrected chi connectivity index (χ4v) is 6.63. The number of aryl methyl sites for hydroxylation is 1. The van der Waals surface area contributed by atoms with Crippen LogP contribution in [-0.4, -0.2) is 34.6 Å². The first-order valence-corrected chi connectivity index (χ1v) is 18.1. The summed E-state index contributed by atoms with van der Waals surface area (Å²) in [7, 11) is -4.12. The van der Waals surface area contributed by atoms with Gasteiger partial charge in [0.2, 0.25) is 11.8 Å². The van der Waals surface area contributed by atoms with Gasteiger partial charge in [0.1, 0.15) is 5.82 Å². The summed E-state index contributed by atoms with van der Waals surface area (Å²) in [6.45, 7) is 9.91. The van der Waals surface area contributed by atoms with E-state index < -0.39 is 15.9 Å². The molecule has 2 N–H and O–H groups in total. The van der Waals surface area contributed by atoms with Crippen molar-refractivity contribution in [2.75, 3.05) is 5.32 Å². The number of halogens is 1. The van der Waals surface area contributed by atoms with E-state index in [0.717, 1.165) is 31.2 Å². The summed E-state index contributed by atoms with van der Waals surface area (Å²) in [6, 6.07) is 18.8. The van der Waals surface area contributed by atoms with Crippen LogP contribution in [0.25, 0.3) is 16.8 Å². The van der Waals surface area contributed by atoms with Crippen LogP contribution in [0.2, 0.25) is 5.02 Å². The third kappa shape index (κ3) is 9.44. The third-order valence-electron chi connectivity index (χ3n) is 7.63. The van der Waals surface area contributed by atoms with Crippen molar-refractivity contribution in [2.24, 2.45) is 5.41 Å². The molecule has 10 nitrogen and oxygen atoms in total. The van der Waals surface area contributed by atoms with Gasteiger partial charge in [-0.25, -0.2) is 17.9 Å². The first-order chi connectivity index (χ1) is 22.7. The molecule has 4 aromatic rings. The predicted molar refractivity (Wildman–Crippen MR) is 190 cm³/mol. The van der Waals surface area contributed by atoms with Crippen LogP contribution in [-0.2, 0) is 32.6 Å². The Hall–Kier alpha value is -4.22. The second kappa shape index (κ2) is 15.8. The number of hydrogen-bond acceptors (Lipinski definition) is 6. The molecule has 0 bridgehead atoms. The number of carbonyl (C=O) groups excluding carboxylic acids is 2. The first-order valence-electron chi connectivity index (χ1n) is 16.2. The van der Waals surface area contributed by atoms with Crippen molar-refractivity contribution in [3.05, 3.63) is 93.6 Å². The fourth-order valence-electron chi connectivity index (χ4n) is 5.22. The largest absolute Gasteiger partial charge is 0.351 e. The van der Waals surface area contributed by atoms with Gasteiger partial charge in [-0.2, -0.15) is 4.68 Å². The number of aromatic nitrogens is 3. The van der Waals surface area contributed by atoms with Crippen LogP contribution < -0.4 is 15.7 Å². The summed E-state index contributed by atoms with van der Waals surface area (Å²) >= 11 is 6.54. The second-order valence-corrected chi connectivity index (χ2v) is 15.1. The normalized spacial score (nSPS) is 11.8. The maximum atomic E-state index is 13.8. The first kappa shape index (κ1) is 36.6. The Labute approximate surface area is 287 Å². The van der Waals surface area contributed by atoms with Crippen LogP contribution in [0.4, 0.5) is 5.69 Å². The Morgan fingerprint density at radius 2 is 1.60 bits per heavy atom. The van der Waals surface area contributed by atoms with Crippen molar-refractivity contribution in [1.82, 2.24) is 19.1 Å². The van der Waals surface area contributed by atoms with Gasteiger partial charge in [0, 0.05) is 30.5 Å². The van der Waals surface area contributed by atoms with Gasteiger partial charge in [-0.1, -0.05) is 102 Å². The smallest absolute Gasteiger partial charge is 0.326 e. The molecule has 0 aliphatic rings. The maximum absolute atomic E-state index is 13.8. The van der Waals surface area contributed by atoms with Crippen LogP contribution >= 0.6 is 11.6 Å². The van der Waals surface area contributed by atoms with E-state index in [1.807, 2.05) is 39.8 Å². The van der Waals surface area contributed by atoms with E-state index >= 15 is 0 Å². The zero-order valence-electron chi connectivity index (χ0n) is 28.2. The molecule has 0 unspecified atom stereocenters. The molecule has 0 spiro atoms. The molecule has 0 atom stereocenters. The van der Waals surface area contributed by atoms with Crippen LogP contribution in [0.5, 0.6) is 0 Å². The molecule has 0 aliphatic carbocycles. The van der Waals surface area contributed by atoms with Crippen molar-refractivity contribution >= 4 is 39.1 Å². The fraction of sp³-hybridized carbons (Fsp3) is 0.389. The molecule has 0 fully saturated rings. The minimum absolute atomic E-state index is 0.0000179. The summed E-state index contributed by atoms with van der Waals surface area (Å²) in [5.74, 6) is -0.0790. The summed E-state index contributed by atoms with van der Waals surface area (Å²) in [5, 5.41) is 7.86. The van der Waals surface area contributed by atoms with Gasteiger partial charge in [0.25, 0.3) is 10.0 Å². The second-order valence-electron chi connectivity index (χ2n) is 13.1. The number of amides is 2. The Morgan fingerprint density at radius 3 is 2.27 bits per heavy atom. The van der Waals surface area contributed by atoms with E-state index in [1.165, 1.54) is 10.7 Å². The van der Waals surface area contributed by atoms with Crippen LogP contribution in [0.1, 0.15) is 84.5 Å². The number of rotatable bonds is 14. The number of anilines is 1. The number of sulfonamides is 1. The molecule has 4 rings (SSSR count). The number of carbonyl (C=O) groups is 2. The number of unbranched alkanes of at least 4 members (excludes halogenated alkanes) is 2. The highest BCUT2D eigenvalue weighted by Gasteiger charge is 2.25. The van der Waals surface area contributed by atoms with Crippen molar-refractivity contribution in [3.63, 3.8) is 0 Å². The highest BCUT2D eigenvalue weighted by Crippen LogP contribution is 2.29.